The van der Waals surface area contributed by atoms with Gasteiger partial charge in [-0.1, -0.05) is 13.3 Å². The quantitative estimate of drug-likeness (QED) is 0.887. The van der Waals surface area contributed by atoms with E-state index in [0.717, 1.165) is 13.0 Å². The number of nitrogens with two attached hydrogens (primary N) is 1. The number of nitrogens with one attached hydrogen (secondary N) is 1. The number of hydrogen-bond acceptors (Lipinski definition) is 5. The van der Waals surface area contributed by atoms with E-state index >= 15 is 0 Å². The monoisotopic (exact) mass is 290 g/mol. The lowest BCUT2D eigenvalue weighted by Crippen LogP contribution is -2.30. The van der Waals surface area contributed by atoms with Crippen molar-refractivity contribution in [1.29, 1.82) is 0 Å². The number of carbonyl (C=O) groups excluding carboxylic acids is 1. The van der Waals surface area contributed by atoms with Crippen LogP contribution < -0.4 is 11.1 Å². The van der Waals surface area contributed by atoms with Crippen molar-refractivity contribution in [1.82, 2.24) is 15.3 Å². The minimum atomic E-state index is -0.102. The molecule has 2 aromatic rings. The Morgan fingerprint density at radius 2 is 2.20 bits per heavy atom. The SMILES string of the molecule is CCCC1(CNC(=O)c2sc3nccnc3c2N)CC1. The van der Waals surface area contributed by atoms with Crippen molar-refractivity contribution in [3.05, 3.63) is 17.3 Å². The number of aromatic nitrogens is 2. The fourth-order valence-electron chi connectivity index (χ4n) is 2.58. The summed E-state index contributed by atoms with van der Waals surface area (Å²) in [5, 5.41) is 3.02. The Labute approximate surface area is 121 Å². The summed E-state index contributed by atoms with van der Waals surface area (Å²) < 4.78 is 0. The van der Waals surface area contributed by atoms with E-state index in [1.165, 1.54) is 30.6 Å². The Balaban J connectivity index is 1.74. The van der Waals surface area contributed by atoms with Crippen LogP contribution in [0.4, 0.5) is 5.69 Å². The van der Waals surface area contributed by atoms with Crippen LogP contribution in [0.1, 0.15) is 42.3 Å². The largest absolute Gasteiger partial charge is 0.396 e. The van der Waals surface area contributed by atoms with Gasteiger partial charge >= 0.3 is 0 Å². The summed E-state index contributed by atoms with van der Waals surface area (Å²) in [6, 6.07) is 0. The fourth-order valence-corrected chi connectivity index (χ4v) is 3.52. The standard InChI is InChI=1S/C14H18N4OS/c1-2-3-14(4-5-14)8-18-12(19)11-9(15)10-13(20-11)17-7-6-16-10/h6-7H,2-5,8,15H2,1H3,(H,18,19). The molecule has 106 valence electrons. The lowest BCUT2D eigenvalue weighted by Gasteiger charge is -2.14. The minimum absolute atomic E-state index is 0.102. The highest BCUT2D eigenvalue weighted by molar-refractivity contribution is 7.21. The van der Waals surface area contributed by atoms with Gasteiger partial charge < -0.3 is 11.1 Å². The van der Waals surface area contributed by atoms with Crippen molar-refractivity contribution in [3.8, 4) is 0 Å². The highest BCUT2D eigenvalue weighted by Crippen LogP contribution is 2.49. The average molecular weight is 290 g/mol. The molecule has 0 atom stereocenters. The zero-order valence-corrected chi connectivity index (χ0v) is 12.3. The molecular weight excluding hydrogens is 272 g/mol. The zero-order valence-electron chi connectivity index (χ0n) is 11.5. The lowest BCUT2D eigenvalue weighted by atomic mass is 10.0. The Hall–Kier alpha value is -1.69. The van der Waals surface area contributed by atoms with E-state index in [0.29, 0.717) is 26.3 Å². The van der Waals surface area contributed by atoms with Crippen LogP contribution in [0.2, 0.25) is 0 Å². The van der Waals surface area contributed by atoms with Gasteiger partial charge in [0.1, 0.15) is 15.2 Å². The molecule has 0 spiro atoms. The van der Waals surface area contributed by atoms with Gasteiger partial charge in [0.15, 0.2) is 0 Å². The first kappa shape index (κ1) is 13.3. The third-order valence-electron chi connectivity index (χ3n) is 3.93. The maximum absolute atomic E-state index is 12.3. The molecule has 20 heavy (non-hydrogen) atoms. The van der Waals surface area contributed by atoms with Crippen molar-refractivity contribution in [2.24, 2.45) is 5.41 Å². The number of nitrogens with zero attached hydrogens (tertiary/aromatic N) is 2. The van der Waals surface area contributed by atoms with Crippen LogP contribution in [0.3, 0.4) is 0 Å². The second kappa shape index (κ2) is 5.01. The summed E-state index contributed by atoms with van der Waals surface area (Å²) in [5.74, 6) is -0.102. The first-order chi connectivity index (χ1) is 9.65. The maximum atomic E-state index is 12.3. The molecule has 0 unspecified atom stereocenters. The van der Waals surface area contributed by atoms with Gasteiger partial charge in [0.25, 0.3) is 5.91 Å². The first-order valence-electron chi connectivity index (χ1n) is 6.92. The van der Waals surface area contributed by atoms with Crippen LogP contribution in [0.15, 0.2) is 12.4 Å². The van der Waals surface area contributed by atoms with E-state index in [1.807, 2.05) is 0 Å². The second-order valence-corrected chi connectivity index (χ2v) is 6.49. The van der Waals surface area contributed by atoms with Gasteiger partial charge in [-0.3, -0.25) is 4.79 Å². The molecule has 0 saturated heterocycles. The summed E-state index contributed by atoms with van der Waals surface area (Å²) in [4.78, 5) is 21.9. The molecule has 1 aliphatic rings. The second-order valence-electron chi connectivity index (χ2n) is 5.49. The van der Waals surface area contributed by atoms with E-state index in [4.69, 9.17) is 5.73 Å². The van der Waals surface area contributed by atoms with Gasteiger partial charge in [0.2, 0.25) is 0 Å². The number of anilines is 1. The molecule has 1 fully saturated rings. The molecule has 2 aromatic heterocycles. The van der Waals surface area contributed by atoms with Crippen molar-refractivity contribution in [2.45, 2.75) is 32.6 Å². The molecule has 3 rings (SSSR count). The van der Waals surface area contributed by atoms with E-state index in [2.05, 4.69) is 22.2 Å². The fraction of sp³-hybridized carbons (Fsp3) is 0.500. The van der Waals surface area contributed by atoms with Crippen molar-refractivity contribution >= 4 is 33.3 Å². The first-order valence-corrected chi connectivity index (χ1v) is 7.74. The number of carbonyl (C=O) groups is 1. The summed E-state index contributed by atoms with van der Waals surface area (Å²) in [6.45, 7) is 2.93. The number of thiophene rings is 1. The number of fused-ring (bicyclic) bond motifs is 1. The van der Waals surface area contributed by atoms with Gasteiger partial charge in [-0.2, -0.15) is 0 Å². The molecule has 1 amide bonds. The lowest BCUT2D eigenvalue weighted by molar-refractivity contribution is 0.0948. The Bertz CT molecular complexity index is 648. The molecule has 3 N–H and O–H groups in total. The molecule has 0 bridgehead atoms. The minimum Gasteiger partial charge on any atom is -0.396 e. The molecule has 5 nitrogen and oxygen atoms in total. The van der Waals surface area contributed by atoms with E-state index in [1.54, 1.807) is 12.4 Å². The Morgan fingerprint density at radius 1 is 1.45 bits per heavy atom. The van der Waals surface area contributed by atoms with Crippen molar-refractivity contribution < 1.29 is 4.79 Å². The molecule has 0 aliphatic heterocycles. The van der Waals surface area contributed by atoms with Crippen LogP contribution in [0.5, 0.6) is 0 Å². The van der Waals surface area contributed by atoms with Crippen LogP contribution in [0, 0.1) is 5.41 Å². The zero-order chi connectivity index (χ0) is 14.2. The summed E-state index contributed by atoms with van der Waals surface area (Å²) in [6.07, 6.45) is 7.97. The van der Waals surface area contributed by atoms with Crippen LogP contribution in [-0.4, -0.2) is 22.4 Å². The van der Waals surface area contributed by atoms with E-state index in [-0.39, 0.29) is 5.91 Å². The van der Waals surface area contributed by atoms with Gasteiger partial charge in [-0.15, -0.1) is 11.3 Å². The number of hydrogen-bond donors (Lipinski definition) is 2. The van der Waals surface area contributed by atoms with Crippen LogP contribution in [0.25, 0.3) is 10.3 Å². The van der Waals surface area contributed by atoms with Crippen LogP contribution in [-0.2, 0) is 0 Å². The predicted molar refractivity (Wildman–Crippen MR) is 80.7 cm³/mol. The third-order valence-corrected chi connectivity index (χ3v) is 5.03. The molecule has 6 heteroatoms. The summed E-state index contributed by atoms with van der Waals surface area (Å²) >= 11 is 1.31. The van der Waals surface area contributed by atoms with Crippen molar-refractivity contribution in [3.63, 3.8) is 0 Å². The van der Waals surface area contributed by atoms with Gasteiger partial charge in [0, 0.05) is 18.9 Å². The molecule has 1 aliphatic carbocycles. The topological polar surface area (TPSA) is 80.9 Å². The van der Waals surface area contributed by atoms with E-state index < -0.39 is 0 Å². The van der Waals surface area contributed by atoms with Gasteiger partial charge in [-0.05, 0) is 24.7 Å². The van der Waals surface area contributed by atoms with Crippen LogP contribution >= 0.6 is 11.3 Å². The van der Waals surface area contributed by atoms with E-state index in [9.17, 15) is 4.79 Å². The third kappa shape index (κ3) is 2.35. The molecule has 1 saturated carbocycles. The Kier molecular flexibility index (Phi) is 3.33. The molecule has 2 heterocycles. The summed E-state index contributed by atoms with van der Waals surface area (Å²) in [5.41, 5.74) is 7.40. The molecular formula is C14H18N4OS. The smallest absolute Gasteiger partial charge is 0.263 e. The number of amides is 1. The highest BCUT2D eigenvalue weighted by atomic mass is 32.1. The Morgan fingerprint density at radius 3 is 2.85 bits per heavy atom. The van der Waals surface area contributed by atoms with Gasteiger partial charge in [0.05, 0.1) is 5.69 Å². The maximum Gasteiger partial charge on any atom is 0.263 e. The summed E-state index contributed by atoms with van der Waals surface area (Å²) in [7, 11) is 0. The van der Waals surface area contributed by atoms with Gasteiger partial charge in [-0.25, -0.2) is 9.97 Å². The average Bonchev–Trinajstić information content (AvgIpc) is 3.14. The highest BCUT2D eigenvalue weighted by Gasteiger charge is 2.41. The number of nitrogen functional groups attached to an aromatic ring is 1. The normalized spacial score (nSPS) is 16.2. The molecule has 0 aromatic carbocycles. The number of rotatable bonds is 5. The van der Waals surface area contributed by atoms with Crippen molar-refractivity contribution in [2.75, 3.05) is 12.3 Å². The predicted octanol–water partition coefficient (Wildman–Crippen LogP) is 2.58. The molecule has 0 radical (unpaired) electrons.